The minimum Gasteiger partial charge on any atom is -0.507 e. The fraction of sp³-hybridized carbons (Fsp3) is 0.370. The largest absolute Gasteiger partial charge is 0.507 e. The van der Waals surface area contributed by atoms with E-state index >= 15 is 0 Å². The van der Waals surface area contributed by atoms with E-state index < -0.39 is 0 Å². The van der Waals surface area contributed by atoms with Gasteiger partial charge in [-0.05, 0) is 28.5 Å². The summed E-state index contributed by atoms with van der Waals surface area (Å²) in [6.45, 7) is 13.2. The van der Waals surface area contributed by atoms with Crippen molar-refractivity contribution in [2.75, 3.05) is 7.11 Å². The Morgan fingerprint density at radius 1 is 0.909 bits per heavy atom. The second-order valence-electron chi connectivity index (χ2n) is 10.5. The third-order valence-electron chi connectivity index (χ3n) is 5.81. The number of imidazole rings is 1. The first-order valence-electron chi connectivity index (χ1n) is 11.2. The number of phenolic OH excluding ortho intramolecular Hbond substituents is 1. The van der Waals surface area contributed by atoms with Crippen molar-refractivity contribution in [3.63, 3.8) is 0 Å². The van der Waals surface area contributed by atoms with Gasteiger partial charge in [0.25, 0.3) is 0 Å². The molecular weight excluding hydrogens is 412 g/mol. The number of hydrogen-bond acceptors (Lipinski definition) is 5. The van der Waals surface area contributed by atoms with Crippen LogP contribution in [0.25, 0.3) is 22.6 Å². The molecular formula is C27H32N4O2. The summed E-state index contributed by atoms with van der Waals surface area (Å²) in [4.78, 5) is 14.1. The monoisotopic (exact) mass is 444 g/mol. The Bertz CT molecular complexity index is 1260. The number of ether oxygens (including phenoxy) is 1. The van der Waals surface area contributed by atoms with Gasteiger partial charge in [0, 0.05) is 16.7 Å². The highest BCUT2D eigenvalue weighted by Gasteiger charge is 2.28. The van der Waals surface area contributed by atoms with Crippen molar-refractivity contribution in [3.8, 4) is 23.0 Å². The summed E-state index contributed by atoms with van der Waals surface area (Å²) in [5.74, 6) is 1.32. The molecule has 33 heavy (non-hydrogen) atoms. The Morgan fingerprint density at radius 3 is 2.06 bits per heavy atom. The zero-order valence-corrected chi connectivity index (χ0v) is 20.5. The molecule has 0 aliphatic heterocycles. The summed E-state index contributed by atoms with van der Waals surface area (Å²) in [5, 5.41) is 11.1. The van der Waals surface area contributed by atoms with Gasteiger partial charge in [-0.25, -0.2) is 9.97 Å². The molecule has 0 spiro atoms. The number of nitrogens with zero attached hydrogens (tertiary/aromatic N) is 4. The average molecular weight is 445 g/mol. The summed E-state index contributed by atoms with van der Waals surface area (Å²) >= 11 is 0. The summed E-state index contributed by atoms with van der Waals surface area (Å²) in [6, 6.07) is 14.2. The van der Waals surface area contributed by atoms with Gasteiger partial charge in [-0.15, -0.1) is 0 Å². The molecule has 0 bridgehead atoms. The molecule has 6 nitrogen and oxygen atoms in total. The highest BCUT2D eigenvalue weighted by molar-refractivity contribution is 5.79. The van der Waals surface area contributed by atoms with Crippen molar-refractivity contribution < 1.29 is 9.84 Å². The normalized spacial score (nSPS) is 12.3. The fourth-order valence-corrected chi connectivity index (χ4v) is 3.99. The first-order valence-corrected chi connectivity index (χ1v) is 11.2. The predicted molar refractivity (Wildman–Crippen MR) is 132 cm³/mol. The lowest BCUT2D eigenvalue weighted by atomic mass is 9.78. The Kier molecular flexibility index (Phi) is 5.64. The molecule has 0 amide bonds. The van der Waals surface area contributed by atoms with E-state index in [0.29, 0.717) is 35.2 Å². The van der Waals surface area contributed by atoms with Crippen LogP contribution in [0.5, 0.6) is 11.6 Å². The van der Waals surface area contributed by atoms with Gasteiger partial charge < -0.3 is 14.4 Å². The molecule has 0 aliphatic rings. The zero-order chi connectivity index (χ0) is 24.0. The van der Waals surface area contributed by atoms with Crippen LogP contribution in [-0.2, 0) is 17.4 Å². The number of aromatic hydroxyl groups is 1. The molecule has 0 radical (unpaired) electrons. The smallest absolute Gasteiger partial charge is 0.245 e. The Hall–Kier alpha value is -3.41. The van der Waals surface area contributed by atoms with E-state index in [0.717, 1.165) is 22.3 Å². The van der Waals surface area contributed by atoms with Crippen LogP contribution in [0.3, 0.4) is 0 Å². The van der Waals surface area contributed by atoms with Gasteiger partial charge in [-0.1, -0.05) is 71.9 Å². The molecule has 4 aromatic rings. The second kappa shape index (κ2) is 8.18. The number of phenols is 1. The van der Waals surface area contributed by atoms with Crippen molar-refractivity contribution in [1.82, 2.24) is 19.5 Å². The van der Waals surface area contributed by atoms with Crippen LogP contribution in [-0.4, -0.2) is 31.7 Å². The molecule has 0 saturated carbocycles. The summed E-state index contributed by atoms with van der Waals surface area (Å²) in [5.41, 5.74) is 4.58. The Morgan fingerprint density at radius 2 is 1.52 bits per heavy atom. The van der Waals surface area contributed by atoms with Crippen molar-refractivity contribution in [1.29, 1.82) is 0 Å². The Balaban J connectivity index is 1.93. The van der Waals surface area contributed by atoms with E-state index in [-0.39, 0.29) is 10.8 Å². The Labute approximate surface area is 195 Å². The van der Waals surface area contributed by atoms with Crippen LogP contribution >= 0.6 is 0 Å². The molecule has 4 rings (SSSR count). The first kappa shape index (κ1) is 22.8. The summed E-state index contributed by atoms with van der Waals surface area (Å²) < 4.78 is 7.60. The maximum Gasteiger partial charge on any atom is 0.245 e. The van der Waals surface area contributed by atoms with Gasteiger partial charge in [-0.3, -0.25) is 0 Å². The van der Waals surface area contributed by atoms with Gasteiger partial charge >= 0.3 is 0 Å². The molecule has 2 heterocycles. The minimum absolute atomic E-state index is 0.247. The molecule has 6 heteroatoms. The SMILES string of the molecule is COc1nc(-c2cc(C(C)(C)C)c(O)c(C(C)(C)C)c2)nc2c1ncn2Cc1ccccc1. The third-order valence-corrected chi connectivity index (χ3v) is 5.81. The highest BCUT2D eigenvalue weighted by atomic mass is 16.5. The van der Waals surface area contributed by atoms with Crippen LogP contribution in [0.15, 0.2) is 48.8 Å². The van der Waals surface area contributed by atoms with E-state index in [4.69, 9.17) is 14.7 Å². The molecule has 2 aromatic heterocycles. The quantitative estimate of drug-likeness (QED) is 0.427. The fourth-order valence-electron chi connectivity index (χ4n) is 3.99. The molecule has 0 saturated heterocycles. The van der Waals surface area contributed by atoms with E-state index in [2.05, 4.69) is 58.7 Å². The number of methoxy groups -OCH3 is 1. The van der Waals surface area contributed by atoms with E-state index in [1.807, 2.05) is 34.9 Å². The van der Waals surface area contributed by atoms with Crippen molar-refractivity contribution >= 4 is 11.2 Å². The number of benzene rings is 2. The average Bonchev–Trinajstić information content (AvgIpc) is 3.15. The lowest BCUT2D eigenvalue weighted by molar-refractivity contribution is 0.402. The van der Waals surface area contributed by atoms with Crippen LogP contribution < -0.4 is 4.74 Å². The molecule has 1 N–H and O–H groups in total. The van der Waals surface area contributed by atoms with Gasteiger partial charge in [-0.2, -0.15) is 4.98 Å². The van der Waals surface area contributed by atoms with Gasteiger partial charge in [0.2, 0.25) is 5.88 Å². The van der Waals surface area contributed by atoms with Crippen molar-refractivity contribution in [2.24, 2.45) is 0 Å². The zero-order valence-electron chi connectivity index (χ0n) is 20.5. The molecule has 0 fully saturated rings. The molecule has 0 aliphatic carbocycles. The van der Waals surface area contributed by atoms with Crippen molar-refractivity contribution in [3.05, 3.63) is 65.5 Å². The highest BCUT2D eigenvalue weighted by Crippen LogP contribution is 2.42. The predicted octanol–water partition coefficient (Wildman–Crippen LogP) is 5.85. The third kappa shape index (κ3) is 4.42. The van der Waals surface area contributed by atoms with Gasteiger partial charge in [0.1, 0.15) is 5.75 Å². The summed E-state index contributed by atoms with van der Waals surface area (Å²) in [6.07, 6.45) is 1.77. The molecule has 0 atom stereocenters. The standard InChI is InChI=1S/C27H32N4O2/c1-26(2,3)19-13-18(14-20(22(19)32)27(4,5)6)23-29-24-21(25(30-23)33-7)28-16-31(24)15-17-11-9-8-10-12-17/h8-14,16,32H,15H2,1-7H3. The van der Waals surface area contributed by atoms with E-state index in [1.54, 1.807) is 13.4 Å². The maximum absolute atomic E-state index is 11.1. The number of fused-ring (bicyclic) bond motifs is 1. The molecule has 0 unspecified atom stereocenters. The lowest BCUT2D eigenvalue weighted by Crippen LogP contribution is -2.17. The van der Waals surface area contributed by atoms with Gasteiger partial charge in [0.15, 0.2) is 17.0 Å². The maximum atomic E-state index is 11.1. The first-order chi connectivity index (χ1) is 15.5. The topological polar surface area (TPSA) is 73.1 Å². The van der Waals surface area contributed by atoms with Crippen LogP contribution in [0.4, 0.5) is 0 Å². The lowest BCUT2D eigenvalue weighted by Gasteiger charge is -2.28. The van der Waals surface area contributed by atoms with Crippen molar-refractivity contribution in [2.45, 2.75) is 58.9 Å². The van der Waals surface area contributed by atoms with E-state index in [9.17, 15) is 5.11 Å². The van der Waals surface area contributed by atoms with Crippen LogP contribution in [0.2, 0.25) is 0 Å². The molecule has 2 aromatic carbocycles. The number of hydrogen-bond donors (Lipinski definition) is 1. The summed E-state index contributed by atoms with van der Waals surface area (Å²) in [7, 11) is 1.60. The van der Waals surface area contributed by atoms with E-state index in [1.165, 1.54) is 0 Å². The number of aromatic nitrogens is 4. The molecule has 172 valence electrons. The van der Waals surface area contributed by atoms with Crippen LogP contribution in [0, 0.1) is 0 Å². The van der Waals surface area contributed by atoms with Gasteiger partial charge in [0.05, 0.1) is 20.0 Å². The number of rotatable bonds is 4. The van der Waals surface area contributed by atoms with Crippen LogP contribution in [0.1, 0.15) is 58.2 Å². The minimum atomic E-state index is -0.247. The second-order valence-corrected chi connectivity index (χ2v) is 10.5.